The Hall–Kier alpha value is -0.860. The maximum Gasteiger partial charge on any atom is 0.193 e. The van der Waals surface area contributed by atoms with Gasteiger partial charge in [-0.3, -0.25) is 4.99 Å². The van der Waals surface area contributed by atoms with Crippen molar-refractivity contribution >= 4 is 52.9 Å². The zero-order chi connectivity index (χ0) is 15.9. The molecule has 1 N–H and O–H groups in total. The molecule has 1 aromatic carbocycles. The average Bonchev–Trinajstić information content (AvgIpc) is 2.91. The van der Waals surface area contributed by atoms with Gasteiger partial charge in [0, 0.05) is 44.0 Å². The lowest BCUT2D eigenvalue weighted by molar-refractivity contribution is 0.477. The van der Waals surface area contributed by atoms with Crippen molar-refractivity contribution in [3.8, 4) is 0 Å². The van der Waals surface area contributed by atoms with Crippen molar-refractivity contribution in [2.24, 2.45) is 4.99 Å². The van der Waals surface area contributed by atoms with E-state index in [0.717, 1.165) is 46.8 Å². The predicted octanol–water partition coefficient (Wildman–Crippen LogP) is 3.97. The highest BCUT2D eigenvalue weighted by atomic mass is 127. The minimum absolute atomic E-state index is 0. The van der Waals surface area contributed by atoms with Crippen LogP contribution >= 0.6 is 46.9 Å². The number of benzene rings is 1. The van der Waals surface area contributed by atoms with Crippen molar-refractivity contribution in [3.05, 3.63) is 50.9 Å². The van der Waals surface area contributed by atoms with E-state index < -0.39 is 0 Å². The molecule has 0 spiro atoms. The maximum absolute atomic E-state index is 6.21. The molecule has 2 rings (SSSR count). The zero-order valence-electron chi connectivity index (χ0n) is 13.5. The van der Waals surface area contributed by atoms with Gasteiger partial charge in [0.05, 0.1) is 10.7 Å². The van der Waals surface area contributed by atoms with Gasteiger partial charge in [0.1, 0.15) is 0 Å². The lowest BCUT2D eigenvalue weighted by atomic mass is 10.2. The molecule has 2 aromatic rings. The van der Waals surface area contributed by atoms with Crippen molar-refractivity contribution < 1.29 is 0 Å². The van der Waals surface area contributed by atoms with Crippen molar-refractivity contribution in [2.75, 3.05) is 20.6 Å². The Morgan fingerprint density at radius 3 is 2.74 bits per heavy atom. The predicted molar refractivity (Wildman–Crippen MR) is 110 cm³/mol. The van der Waals surface area contributed by atoms with Crippen molar-refractivity contribution in [1.82, 2.24) is 15.2 Å². The second-order valence-electron chi connectivity index (χ2n) is 5.03. The lowest BCUT2D eigenvalue weighted by Gasteiger charge is -2.22. The molecule has 0 atom stereocenters. The van der Waals surface area contributed by atoms with Crippen molar-refractivity contribution in [1.29, 1.82) is 0 Å². The Bertz CT molecular complexity index is 645. The lowest BCUT2D eigenvalue weighted by Crippen LogP contribution is -2.39. The quantitative estimate of drug-likeness (QED) is 0.413. The van der Waals surface area contributed by atoms with Gasteiger partial charge in [0.15, 0.2) is 5.96 Å². The summed E-state index contributed by atoms with van der Waals surface area (Å²) in [5, 5.41) is 7.36. The summed E-state index contributed by atoms with van der Waals surface area (Å²) in [4.78, 5) is 10.8. The fourth-order valence-corrected chi connectivity index (χ4v) is 3.01. The van der Waals surface area contributed by atoms with Crippen LogP contribution in [0.5, 0.6) is 0 Å². The number of guanidine groups is 1. The van der Waals surface area contributed by atoms with Gasteiger partial charge in [-0.05, 0) is 18.6 Å². The van der Waals surface area contributed by atoms with Crippen LogP contribution in [0.2, 0.25) is 5.02 Å². The van der Waals surface area contributed by atoms with Crippen molar-refractivity contribution in [2.45, 2.75) is 19.9 Å². The Balaban J connectivity index is 0.00000264. The van der Waals surface area contributed by atoms with E-state index in [0.29, 0.717) is 0 Å². The van der Waals surface area contributed by atoms with Crippen LogP contribution in [0.15, 0.2) is 34.6 Å². The third-order valence-electron chi connectivity index (χ3n) is 3.27. The highest BCUT2D eigenvalue weighted by Gasteiger charge is 2.08. The van der Waals surface area contributed by atoms with Crippen LogP contribution in [0.25, 0.3) is 0 Å². The number of aryl methyl sites for hydroxylation is 1. The van der Waals surface area contributed by atoms with Gasteiger partial charge in [-0.2, -0.15) is 0 Å². The van der Waals surface area contributed by atoms with Gasteiger partial charge in [-0.25, -0.2) is 4.98 Å². The number of hydrogen-bond acceptors (Lipinski definition) is 3. The molecule has 0 aliphatic rings. The summed E-state index contributed by atoms with van der Waals surface area (Å²) in [5.41, 5.74) is 2.21. The Kier molecular flexibility index (Phi) is 8.86. The van der Waals surface area contributed by atoms with Crippen LogP contribution < -0.4 is 5.32 Å². The summed E-state index contributed by atoms with van der Waals surface area (Å²) in [7, 11) is 3.80. The molecule has 7 heteroatoms. The molecule has 1 heterocycles. The summed E-state index contributed by atoms with van der Waals surface area (Å²) >= 11 is 7.89. The Morgan fingerprint density at radius 1 is 1.39 bits per heavy atom. The van der Waals surface area contributed by atoms with Gasteiger partial charge in [0.2, 0.25) is 0 Å². The first-order chi connectivity index (χ1) is 10.6. The first kappa shape index (κ1) is 20.2. The first-order valence-corrected chi connectivity index (χ1v) is 8.42. The smallest absolute Gasteiger partial charge is 0.193 e. The molecular formula is C16H22ClIN4S. The minimum atomic E-state index is 0. The molecule has 0 bridgehead atoms. The summed E-state index contributed by atoms with van der Waals surface area (Å²) in [5.74, 6) is 0.854. The maximum atomic E-state index is 6.21. The van der Waals surface area contributed by atoms with Crippen LogP contribution in [0.1, 0.15) is 16.3 Å². The van der Waals surface area contributed by atoms with E-state index in [4.69, 9.17) is 11.6 Å². The molecule has 0 unspecified atom stereocenters. The number of aliphatic imine (C=N–C) groups is 1. The van der Waals surface area contributed by atoms with Gasteiger partial charge >= 0.3 is 0 Å². The number of nitrogens with one attached hydrogen (secondary N) is 1. The molecule has 4 nitrogen and oxygen atoms in total. The monoisotopic (exact) mass is 464 g/mol. The van der Waals surface area contributed by atoms with Gasteiger partial charge in [-0.15, -0.1) is 35.3 Å². The van der Waals surface area contributed by atoms with E-state index in [9.17, 15) is 0 Å². The van der Waals surface area contributed by atoms with E-state index in [2.05, 4.69) is 25.6 Å². The molecule has 0 aliphatic heterocycles. The molecule has 1 aromatic heterocycles. The minimum Gasteiger partial charge on any atom is -0.356 e. The average molecular weight is 465 g/mol. The molecule has 23 heavy (non-hydrogen) atoms. The third-order valence-corrected chi connectivity index (χ3v) is 4.46. The standard InChI is InChI=1S/C16H21ClN4S.HI/c1-12-20-14(11-22-12)8-9-19-16(18-2)21(3)10-13-6-4-5-7-15(13)17;/h4-7,11H,8-10H2,1-3H3,(H,18,19);1H. The van der Waals surface area contributed by atoms with Crippen LogP contribution in [-0.4, -0.2) is 36.5 Å². The number of hydrogen-bond donors (Lipinski definition) is 1. The molecule has 0 radical (unpaired) electrons. The summed E-state index contributed by atoms with van der Waals surface area (Å²) < 4.78 is 0. The number of rotatable bonds is 5. The van der Waals surface area contributed by atoms with Crippen LogP contribution in [0, 0.1) is 6.92 Å². The summed E-state index contributed by atoms with van der Waals surface area (Å²) in [6.07, 6.45) is 0.892. The van der Waals surface area contributed by atoms with E-state index >= 15 is 0 Å². The number of aromatic nitrogens is 1. The second-order valence-corrected chi connectivity index (χ2v) is 6.50. The molecule has 0 aliphatic carbocycles. The van der Waals surface area contributed by atoms with E-state index in [1.807, 2.05) is 38.2 Å². The highest BCUT2D eigenvalue weighted by molar-refractivity contribution is 14.0. The van der Waals surface area contributed by atoms with E-state index in [-0.39, 0.29) is 24.0 Å². The van der Waals surface area contributed by atoms with Gasteiger partial charge < -0.3 is 10.2 Å². The molecule has 0 saturated carbocycles. The fourth-order valence-electron chi connectivity index (χ4n) is 2.17. The zero-order valence-corrected chi connectivity index (χ0v) is 17.4. The number of thiazole rings is 1. The fraction of sp³-hybridized carbons (Fsp3) is 0.375. The Labute approximate surface area is 164 Å². The molecule has 0 saturated heterocycles. The SMILES string of the molecule is CN=C(NCCc1csc(C)n1)N(C)Cc1ccccc1Cl.I. The molecule has 0 amide bonds. The summed E-state index contributed by atoms with van der Waals surface area (Å²) in [6, 6.07) is 7.88. The van der Waals surface area contributed by atoms with Crippen LogP contribution in [0.3, 0.4) is 0 Å². The topological polar surface area (TPSA) is 40.5 Å². The third kappa shape index (κ3) is 6.27. The number of nitrogens with zero attached hydrogens (tertiary/aromatic N) is 3. The molecule has 0 fully saturated rings. The Morgan fingerprint density at radius 2 is 2.13 bits per heavy atom. The summed E-state index contributed by atoms with van der Waals surface area (Å²) in [6.45, 7) is 3.55. The van der Waals surface area contributed by atoms with Crippen LogP contribution in [0.4, 0.5) is 0 Å². The molecule has 126 valence electrons. The largest absolute Gasteiger partial charge is 0.356 e. The second kappa shape index (κ2) is 10.1. The highest BCUT2D eigenvalue weighted by Crippen LogP contribution is 2.16. The normalized spacial score (nSPS) is 11.0. The van der Waals surface area contributed by atoms with Crippen molar-refractivity contribution in [3.63, 3.8) is 0 Å². The van der Waals surface area contributed by atoms with Gasteiger partial charge in [0.25, 0.3) is 0 Å². The molecular weight excluding hydrogens is 443 g/mol. The van der Waals surface area contributed by atoms with E-state index in [1.165, 1.54) is 0 Å². The van der Waals surface area contributed by atoms with Crippen LogP contribution in [-0.2, 0) is 13.0 Å². The first-order valence-electron chi connectivity index (χ1n) is 7.16. The number of halogens is 2. The van der Waals surface area contributed by atoms with Gasteiger partial charge in [-0.1, -0.05) is 29.8 Å². The van der Waals surface area contributed by atoms with E-state index in [1.54, 1.807) is 18.4 Å².